The molecule has 0 aromatic heterocycles. The topological polar surface area (TPSA) is 20.3 Å². The Labute approximate surface area is 102 Å². The fourth-order valence-corrected chi connectivity index (χ4v) is 2.11. The summed E-state index contributed by atoms with van der Waals surface area (Å²) in [5.41, 5.74) is 2.66. The lowest BCUT2D eigenvalue weighted by Gasteiger charge is -2.28. The van der Waals surface area contributed by atoms with E-state index in [9.17, 15) is 4.79 Å². The largest absolute Gasteiger partial charge is 0.376 e. The molecule has 0 bridgehead atoms. The summed E-state index contributed by atoms with van der Waals surface area (Å²) in [7, 11) is 3.91. The second-order valence-corrected chi connectivity index (χ2v) is 5.57. The molecular weight excluding hydrogens is 222 g/mol. The minimum atomic E-state index is -0.0394. The van der Waals surface area contributed by atoms with Crippen LogP contribution in [0.5, 0.6) is 0 Å². The molecule has 0 fully saturated rings. The zero-order valence-corrected chi connectivity index (χ0v) is 11.2. The second kappa shape index (κ2) is 4.46. The molecule has 1 aromatic rings. The van der Waals surface area contributed by atoms with Gasteiger partial charge in [0.05, 0.1) is 10.7 Å². The molecule has 0 heterocycles. The maximum atomic E-state index is 10.8. The summed E-state index contributed by atoms with van der Waals surface area (Å²) in [4.78, 5) is 12.8. The molecule has 0 spiro atoms. The third-order valence-electron chi connectivity index (χ3n) is 2.48. The van der Waals surface area contributed by atoms with Gasteiger partial charge in [-0.05, 0) is 23.1 Å². The Morgan fingerprint density at radius 2 is 1.81 bits per heavy atom. The van der Waals surface area contributed by atoms with Crippen molar-refractivity contribution in [3.8, 4) is 0 Å². The van der Waals surface area contributed by atoms with E-state index in [-0.39, 0.29) is 5.41 Å². The molecule has 3 heteroatoms. The van der Waals surface area contributed by atoms with Gasteiger partial charge in [-0.2, -0.15) is 0 Å². The highest BCUT2D eigenvalue weighted by atomic mass is 35.5. The number of carbonyl (C=O) groups is 1. The van der Waals surface area contributed by atoms with Crippen molar-refractivity contribution >= 4 is 23.6 Å². The van der Waals surface area contributed by atoms with E-state index in [1.165, 1.54) is 0 Å². The van der Waals surface area contributed by atoms with Crippen molar-refractivity contribution in [1.82, 2.24) is 0 Å². The van der Waals surface area contributed by atoms with Crippen LogP contribution >= 0.6 is 11.6 Å². The molecule has 0 aliphatic heterocycles. The van der Waals surface area contributed by atoms with Crippen LogP contribution in [0.15, 0.2) is 12.1 Å². The summed E-state index contributed by atoms with van der Waals surface area (Å²) >= 11 is 6.21. The summed E-state index contributed by atoms with van der Waals surface area (Å²) < 4.78 is 0. The maximum Gasteiger partial charge on any atom is 0.150 e. The summed E-state index contributed by atoms with van der Waals surface area (Å²) in [5.74, 6) is 0. The molecule has 1 rings (SSSR count). The van der Waals surface area contributed by atoms with Gasteiger partial charge < -0.3 is 4.90 Å². The van der Waals surface area contributed by atoms with E-state index in [1.807, 2.05) is 25.1 Å². The minimum absolute atomic E-state index is 0.0394. The summed E-state index contributed by atoms with van der Waals surface area (Å²) in [6, 6.07) is 3.62. The van der Waals surface area contributed by atoms with Gasteiger partial charge in [-0.25, -0.2) is 0 Å². The van der Waals surface area contributed by atoms with Crippen molar-refractivity contribution in [3.05, 3.63) is 28.3 Å². The first-order chi connectivity index (χ1) is 7.27. The van der Waals surface area contributed by atoms with Crippen LogP contribution in [0, 0.1) is 0 Å². The van der Waals surface area contributed by atoms with Gasteiger partial charge in [-0.15, -0.1) is 0 Å². The molecular formula is C13H18ClNO. The predicted molar refractivity (Wildman–Crippen MR) is 69.9 cm³/mol. The van der Waals surface area contributed by atoms with E-state index in [2.05, 4.69) is 20.8 Å². The Morgan fingerprint density at radius 3 is 2.19 bits per heavy atom. The lowest BCUT2D eigenvalue weighted by atomic mass is 9.84. The highest BCUT2D eigenvalue weighted by Gasteiger charge is 2.22. The first-order valence-corrected chi connectivity index (χ1v) is 5.61. The molecule has 1 aromatic carbocycles. The van der Waals surface area contributed by atoms with Crippen LogP contribution < -0.4 is 4.90 Å². The molecule has 16 heavy (non-hydrogen) atoms. The summed E-state index contributed by atoms with van der Waals surface area (Å²) in [6.45, 7) is 6.33. The summed E-state index contributed by atoms with van der Waals surface area (Å²) in [6.07, 6.45) is 0.834. The van der Waals surface area contributed by atoms with Gasteiger partial charge >= 0.3 is 0 Å². The molecule has 0 N–H and O–H groups in total. The molecule has 2 nitrogen and oxygen atoms in total. The maximum absolute atomic E-state index is 10.8. The molecule has 0 unspecified atom stereocenters. The minimum Gasteiger partial charge on any atom is -0.376 e. The SMILES string of the molecule is CN(C)c1c(Cl)cc(C=O)cc1C(C)(C)C. The van der Waals surface area contributed by atoms with Gasteiger partial charge in [0.2, 0.25) is 0 Å². The van der Waals surface area contributed by atoms with Crippen molar-refractivity contribution in [3.63, 3.8) is 0 Å². The number of anilines is 1. The number of carbonyl (C=O) groups excluding carboxylic acids is 1. The van der Waals surface area contributed by atoms with Crippen molar-refractivity contribution in [2.24, 2.45) is 0 Å². The van der Waals surface area contributed by atoms with Crippen LogP contribution in [-0.4, -0.2) is 20.4 Å². The number of aldehydes is 1. The highest BCUT2D eigenvalue weighted by Crippen LogP contribution is 2.37. The van der Waals surface area contributed by atoms with Gasteiger partial charge in [0.25, 0.3) is 0 Å². The smallest absolute Gasteiger partial charge is 0.150 e. The van der Waals surface area contributed by atoms with Gasteiger partial charge in [-0.3, -0.25) is 4.79 Å². The molecule has 0 saturated carbocycles. The van der Waals surface area contributed by atoms with Crippen LogP contribution in [0.2, 0.25) is 5.02 Å². The average Bonchev–Trinajstić information content (AvgIpc) is 2.14. The zero-order valence-electron chi connectivity index (χ0n) is 10.5. The van der Waals surface area contributed by atoms with Gasteiger partial charge in [0.15, 0.2) is 0 Å². The van der Waals surface area contributed by atoms with Crippen LogP contribution in [0.3, 0.4) is 0 Å². The third-order valence-corrected chi connectivity index (χ3v) is 2.77. The second-order valence-electron chi connectivity index (χ2n) is 5.16. The van der Waals surface area contributed by atoms with Crippen molar-refractivity contribution < 1.29 is 4.79 Å². The Hall–Kier alpha value is -1.02. The Balaban J connectivity index is 3.53. The quantitative estimate of drug-likeness (QED) is 0.736. The van der Waals surface area contributed by atoms with E-state index in [0.717, 1.165) is 17.5 Å². The van der Waals surface area contributed by atoms with Gasteiger partial charge in [0.1, 0.15) is 6.29 Å². The monoisotopic (exact) mass is 239 g/mol. The van der Waals surface area contributed by atoms with E-state index in [0.29, 0.717) is 10.6 Å². The van der Waals surface area contributed by atoms with E-state index < -0.39 is 0 Å². The lowest BCUT2D eigenvalue weighted by Crippen LogP contribution is -2.20. The number of halogens is 1. The first-order valence-electron chi connectivity index (χ1n) is 5.24. The Kier molecular flexibility index (Phi) is 3.64. The molecule has 0 radical (unpaired) electrons. The number of hydrogen-bond donors (Lipinski definition) is 0. The Bertz CT molecular complexity index is 405. The van der Waals surface area contributed by atoms with Crippen LogP contribution in [0.1, 0.15) is 36.7 Å². The fraction of sp³-hybridized carbons (Fsp3) is 0.462. The van der Waals surface area contributed by atoms with E-state index in [1.54, 1.807) is 6.07 Å². The molecule has 0 aliphatic carbocycles. The van der Waals surface area contributed by atoms with Crippen LogP contribution in [0.4, 0.5) is 5.69 Å². The third kappa shape index (κ3) is 2.56. The number of rotatable bonds is 2. The fourth-order valence-electron chi connectivity index (χ4n) is 1.71. The molecule has 0 atom stereocenters. The van der Waals surface area contributed by atoms with E-state index >= 15 is 0 Å². The lowest BCUT2D eigenvalue weighted by molar-refractivity contribution is 0.112. The molecule has 88 valence electrons. The van der Waals surface area contributed by atoms with Crippen molar-refractivity contribution in [2.75, 3.05) is 19.0 Å². The first kappa shape index (κ1) is 13.0. The van der Waals surface area contributed by atoms with Crippen LogP contribution in [0.25, 0.3) is 0 Å². The zero-order chi connectivity index (χ0) is 12.5. The summed E-state index contributed by atoms with van der Waals surface area (Å²) in [5, 5.41) is 0.625. The Morgan fingerprint density at radius 1 is 1.25 bits per heavy atom. The van der Waals surface area contributed by atoms with Crippen LogP contribution in [-0.2, 0) is 5.41 Å². The number of benzene rings is 1. The standard InChI is InChI=1S/C13H18ClNO/c1-13(2,3)10-6-9(8-16)7-11(14)12(10)15(4)5/h6-8H,1-5H3. The molecule has 0 saturated heterocycles. The molecule has 0 amide bonds. The molecule has 0 aliphatic rings. The van der Waals surface area contributed by atoms with Crippen molar-refractivity contribution in [1.29, 1.82) is 0 Å². The predicted octanol–water partition coefficient (Wildman–Crippen LogP) is 3.52. The van der Waals surface area contributed by atoms with E-state index in [4.69, 9.17) is 11.6 Å². The normalized spacial score (nSPS) is 11.4. The van der Waals surface area contributed by atoms with Gasteiger partial charge in [-0.1, -0.05) is 32.4 Å². The van der Waals surface area contributed by atoms with Crippen molar-refractivity contribution in [2.45, 2.75) is 26.2 Å². The highest BCUT2D eigenvalue weighted by molar-refractivity contribution is 6.33. The number of nitrogens with zero attached hydrogens (tertiary/aromatic N) is 1. The number of hydrogen-bond acceptors (Lipinski definition) is 2. The van der Waals surface area contributed by atoms with Gasteiger partial charge in [0, 0.05) is 19.7 Å². The average molecular weight is 240 g/mol.